The van der Waals surface area contributed by atoms with E-state index in [0.717, 1.165) is 5.56 Å². The zero-order chi connectivity index (χ0) is 16.1. The predicted octanol–water partition coefficient (Wildman–Crippen LogP) is 2.27. The second kappa shape index (κ2) is 6.85. The fraction of sp³-hybridized carbons (Fsp3) is 0.176. The molecular weight excluding hydrogens is 283 g/mol. The van der Waals surface area contributed by atoms with E-state index >= 15 is 0 Å². The fourth-order valence-corrected chi connectivity index (χ4v) is 2.13. The summed E-state index contributed by atoms with van der Waals surface area (Å²) in [5.74, 6) is -1.86. The Morgan fingerprint density at radius 2 is 1.59 bits per heavy atom. The molecule has 0 aromatic heterocycles. The standard InChI is InChI=1S/C17H17FN2O2/c1-11(12-5-3-2-4-6-12)17(22)20-15(16(19)21)13-7-9-14(18)10-8-13/h2-11,15H,1H3,(H2,19,21)(H,20,22)/t11-,15+/m0/s1. The number of hydrogen-bond donors (Lipinski definition) is 2. The third kappa shape index (κ3) is 3.69. The number of carbonyl (C=O) groups is 2. The Bertz CT molecular complexity index is 656. The molecule has 114 valence electrons. The van der Waals surface area contributed by atoms with Gasteiger partial charge in [0.1, 0.15) is 11.9 Å². The van der Waals surface area contributed by atoms with Crippen molar-refractivity contribution in [2.45, 2.75) is 18.9 Å². The van der Waals surface area contributed by atoms with Gasteiger partial charge in [0, 0.05) is 0 Å². The van der Waals surface area contributed by atoms with Crippen LogP contribution in [0.1, 0.15) is 30.0 Å². The first-order valence-electron chi connectivity index (χ1n) is 6.89. The zero-order valence-corrected chi connectivity index (χ0v) is 12.1. The van der Waals surface area contributed by atoms with Gasteiger partial charge < -0.3 is 11.1 Å². The Morgan fingerprint density at radius 3 is 2.14 bits per heavy atom. The largest absolute Gasteiger partial charge is 0.368 e. The Kier molecular flexibility index (Phi) is 4.88. The van der Waals surface area contributed by atoms with E-state index in [1.54, 1.807) is 6.92 Å². The smallest absolute Gasteiger partial charge is 0.244 e. The van der Waals surface area contributed by atoms with Gasteiger partial charge >= 0.3 is 0 Å². The molecule has 0 aliphatic heterocycles. The second-order valence-electron chi connectivity index (χ2n) is 5.03. The van der Waals surface area contributed by atoms with Gasteiger partial charge in [0.25, 0.3) is 0 Å². The van der Waals surface area contributed by atoms with E-state index in [9.17, 15) is 14.0 Å². The molecule has 0 unspecified atom stereocenters. The third-order valence-corrected chi connectivity index (χ3v) is 3.47. The van der Waals surface area contributed by atoms with Gasteiger partial charge in [-0.3, -0.25) is 9.59 Å². The molecule has 2 aromatic carbocycles. The Balaban J connectivity index is 2.16. The molecule has 5 heteroatoms. The van der Waals surface area contributed by atoms with Crippen molar-refractivity contribution in [3.8, 4) is 0 Å². The van der Waals surface area contributed by atoms with E-state index in [1.165, 1.54) is 24.3 Å². The van der Waals surface area contributed by atoms with Crippen molar-refractivity contribution in [2.24, 2.45) is 5.73 Å². The van der Waals surface area contributed by atoms with Crippen molar-refractivity contribution < 1.29 is 14.0 Å². The number of hydrogen-bond acceptors (Lipinski definition) is 2. The molecule has 2 rings (SSSR count). The highest BCUT2D eigenvalue weighted by atomic mass is 19.1. The quantitative estimate of drug-likeness (QED) is 0.889. The summed E-state index contributed by atoms with van der Waals surface area (Å²) in [5.41, 5.74) is 6.63. The van der Waals surface area contributed by atoms with Gasteiger partial charge in [0.2, 0.25) is 11.8 Å². The number of benzene rings is 2. The molecule has 22 heavy (non-hydrogen) atoms. The van der Waals surface area contributed by atoms with Crippen LogP contribution < -0.4 is 11.1 Å². The minimum atomic E-state index is -0.987. The topological polar surface area (TPSA) is 72.2 Å². The molecule has 0 heterocycles. The van der Waals surface area contributed by atoms with Crippen LogP contribution in [0.25, 0.3) is 0 Å². The molecular formula is C17H17FN2O2. The number of rotatable bonds is 5. The number of nitrogens with one attached hydrogen (secondary N) is 1. The monoisotopic (exact) mass is 300 g/mol. The molecule has 2 amide bonds. The van der Waals surface area contributed by atoms with Crippen molar-refractivity contribution in [1.82, 2.24) is 5.32 Å². The molecule has 0 aliphatic carbocycles. The van der Waals surface area contributed by atoms with E-state index < -0.39 is 23.7 Å². The summed E-state index contributed by atoms with van der Waals surface area (Å²) in [6.07, 6.45) is 0. The van der Waals surface area contributed by atoms with Gasteiger partial charge in [-0.15, -0.1) is 0 Å². The summed E-state index contributed by atoms with van der Waals surface area (Å²) in [4.78, 5) is 23.9. The molecule has 0 saturated carbocycles. The van der Waals surface area contributed by atoms with Gasteiger partial charge in [-0.2, -0.15) is 0 Å². The number of carbonyl (C=O) groups excluding carboxylic acids is 2. The van der Waals surface area contributed by atoms with Crippen LogP contribution >= 0.6 is 0 Å². The fourth-order valence-electron chi connectivity index (χ4n) is 2.13. The molecule has 3 N–H and O–H groups in total. The molecule has 2 atom stereocenters. The maximum absolute atomic E-state index is 13.0. The summed E-state index contributed by atoms with van der Waals surface area (Å²) in [6.45, 7) is 1.74. The second-order valence-corrected chi connectivity index (χ2v) is 5.03. The maximum atomic E-state index is 13.0. The number of halogens is 1. The van der Waals surface area contributed by atoms with Gasteiger partial charge in [0.05, 0.1) is 5.92 Å². The first-order chi connectivity index (χ1) is 10.5. The maximum Gasteiger partial charge on any atom is 0.244 e. The molecule has 2 aromatic rings. The highest BCUT2D eigenvalue weighted by molar-refractivity contribution is 5.90. The van der Waals surface area contributed by atoms with Crippen LogP contribution in [0.5, 0.6) is 0 Å². The average Bonchev–Trinajstić information content (AvgIpc) is 2.53. The van der Waals surface area contributed by atoms with Gasteiger partial charge in [-0.25, -0.2) is 4.39 Å². The Labute approximate surface area is 128 Å². The Morgan fingerprint density at radius 1 is 1.00 bits per heavy atom. The van der Waals surface area contributed by atoms with E-state index in [1.807, 2.05) is 30.3 Å². The molecule has 0 bridgehead atoms. The summed E-state index contributed by atoms with van der Waals surface area (Å²) in [6, 6.07) is 13.5. The van der Waals surface area contributed by atoms with Crippen LogP contribution in [0, 0.1) is 5.82 Å². The highest BCUT2D eigenvalue weighted by Crippen LogP contribution is 2.18. The minimum absolute atomic E-state index is 0.320. The van der Waals surface area contributed by atoms with Crippen LogP contribution in [0.2, 0.25) is 0 Å². The normalized spacial score (nSPS) is 13.2. The van der Waals surface area contributed by atoms with Crippen LogP contribution in [-0.2, 0) is 9.59 Å². The highest BCUT2D eigenvalue weighted by Gasteiger charge is 2.23. The van der Waals surface area contributed by atoms with Gasteiger partial charge in [0.15, 0.2) is 0 Å². The lowest BCUT2D eigenvalue weighted by Gasteiger charge is -2.19. The molecule has 0 aliphatic rings. The van der Waals surface area contributed by atoms with Crippen molar-refractivity contribution in [3.63, 3.8) is 0 Å². The summed E-state index contributed by atoms with van der Waals surface area (Å²) in [5, 5.41) is 2.61. The number of primary amides is 1. The number of amides is 2. The van der Waals surface area contributed by atoms with Crippen LogP contribution in [0.3, 0.4) is 0 Å². The van der Waals surface area contributed by atoms with Crippen molar-refractivity contribution in [2.75, 3.05) is 0 Å². The lowest BCUT2D eigenvalue weighted by molar-refractivity contribution is -0.128. The molecule has 0 saturated heterocycles. The van der Waals surface area contributed by atoms with E-state index in [4.69, 9.17) is 5.73 Å². The lowest BCUT2D eigenvalue weighted by Crippen LogP contribution is -2.39. The average molecular weight is 300 g/mol. The first kappa shape index (κ1) is 15.7. The van der Waals surface area contributed by atoms with Gasteiger partial charge in [-0.05, 0) is 30.2 Å². The number of nitrogens with two attached hydrogens (primary N) is 1. The van der Waals surface area contributed by atoms with Gasteiger partial charge in [-0.1, -0.05) is 42.5 Å². The zero-order valence-electron chi connectivity index (χ0n) is 12.1. The first-order valence-corrected chi connectivity index (χ1v) is 6.89. The lowest BCUT2D eigenvalue weighted by atomic mass is 9.99. The minimum Gasteiger partial charge on any atom is -0.368 e. The molecule has 0 radical (unpaired) electrons. The summed E-state index contributed by atoms with van der Waals surface area (Å²) < 4.78 is 13.0. The summed E-state index contributed by atoms with van der Waals surface area (Å²) in [7, 11) is 0. The van der Waals surface area contributed by atoms with Crippen LogP contribution in [-0.4, -0.2) is 11.8 Å². The van der Waals surface area contributed by atoms with E-state index in [0.29, 0.717) is 5.56 Å². The van der Waals surface area contributed by atoms with Crippen molar-refractivity contribution in [1.29, 1.82) is 0 Å². The molecule has 4 nitrogen and oxygen atoms in total. The third-order valence-electron chi connectivity index (χ3n) is 3.47. The predicted molar refractivity (Wildman–Crippen MR) is 81.3 cm³/mol. The van der Waals surface area contributed by atoms with Crippen LogP contribution in [0.15, 0.2) is 54.6 Å². The van der Waals surface area contributed by atoms with Crippen molar-refractivity contribution in [3.05, 3.63) is 71.5 Å². The van der Waals surface area contributed by atoms with Crippen LogP contribution in [0.4, 0.5) is 4.39 Å². The summed E-state index contributed by atoms with van der Waals surface area (Å²) >= 11 is 0. The molecule has 0 fully saturated rings. The van der Waals surface area contributed by atoms with E-state index in [2.05, 4.69) is 5.32 Å². The SMILES string of the molecule is C[C@H](C(=O)N[C@@H](C(N)=O)c1ccc(F)cc1)c1ccccc1. The van der Waals surface area contributed by atoms with E-state index in [-0.39, 0.29) is 5.91 Å². The van der Waals surface area contributed by atoms with Crippen molar-refractivity contribution >= 4 is 11.8 Å². The Hall–Kier alpha value is -2.69. The molecule has 0 spiro atoms.